The van der Waals surface area contributed by atoms with Gasteiger partial charge in [-0.05, 0) is 24.3 Å². The Morgan fingerprint density at radius 2 is 1.65 bits per heavy atom. The maximum Gasteiger partial charge on any atom is 0.269 e. The predicted octanol–water partition coefficient (Wildman–Crippen LogP) is 3.15. The van der Waals surface area contributed by atoms with Crippen molar-refractivity contribution in [3.63, 3.8) is 0 Å². The predicted molar refractivity (Wildman–Crippen MR) is 89.8 cm³/mol. The lowest BCUT2D eigenvalue weighted by molar-refractivity contribution is -0.384. The molecule has 0 saturated heterocycles. The minimum Gasteiger partial charge on any atom is -0.325 e. The van der Waals surface area contributed by atoms with Crippen LogP contribution in [-0.4, -0.2) is 28.1 Å². The molecule has 0 aliphatic rings. The Balaban J connectivity index is 1.78. The van der Waals surface area contributed by atoms with Crippen molar-refractivity contribution in [2.24, 2.45) is 0 Å². The molecule has 0 aliphatic heterocycles. The van der Waals surface area contributed by atoms with Gasteiger partial charge in [0.15, 0.2) is 5.78 Å². The first-order valence-corrected chi connectivity index (χ1v) is 7.92. The third-order valence-electron chi connectivity index (χ3n) is 2.92. The molecule has 0 atom stereocenters. The highest BCUT2D eigenvalue weighted by Crippen LogP contribution is 2.14. The molecule has 6 nitrogen and oxygen atoms in total. The Hall–Kier alpha value is -2.67. The number of nitro groups is 1. The fraction of sp³-hybridized carbons (Fsp3) is 0.125. The molecule has 0 saturated carbocycles. The van der Waals surface area contributed by atoms with Crippen LogP contribution in [0.1, 0.15) is 10.4 Å². The van der Waals surface area contributed by atoms with Crippen molar-refractivity contribution < 1.29 is 14.5 Å². The highest BCUT2D eigenvalue weighted by molar-refractivity contribution is 8.00. The summed E-state index contributed by atoms with van der Waals surface area (Å²) in [6.07, 6.45) is 0. The van der Waals surface area contributed by atoms with Crippen LogP contribution in [0, 0.1) is 10.1 Å². The van der Waals surface area contributed by atoms with Gasteiger partial charge in [-0.3, -0.25) is 19.7 Å². The summed E-state index contributed by atoms with van der Waals surface area (Å²) in [6.45, 7) is 0. The van der Waals surface area contributed by atoms with Gasteiger partial charge in [-0.15, -0.1) is 11.8 Å². The molecule has 23 heavy (non-hydrogen) atoms. The largest absolute Gasteiger partial charge is 0.325 e. The third-order valence-corrected chi connectivity index (χ3v) is 3.86. The standard InChI is InChI=1S/C16H14N2O4S/c19-15(12-6-8-14(9-7-12)18(21)22)10-23-11-16(20)17-13-4-2-1-3-5-13/h1-9H,10-11H2,(H,17,20). The van der Waals surface area contributed by atoms with Crippen LogP contribution in [0.15, 0.2) is 54.6 Å². The van der Waals surface area contributed by atoms with Crippen LogP contribution < -0.4 is 5.32 Å². The summed E-state index contributed by atoms with van der Waals surface area (Å²) in [5, 5.41) is 13.3. The summed E-state index contributed by atoms with van der Waals surface area (Å²) < 4.78 is 0. The van der Waals surface area contributed by atoms with E-state index in [0.717, 1.165) is 0 Å². The minimum atomic E-state index is -0.517. The summed E-state index contributed by atoms with van der Waals surface area (Å²) in [5.74, 6) is -0.0525. The van der Waals surface area contributed by atoms with Crippen molar-refractivity contribution in [1.29, 1.82) is 0 Å². The number of ketones is 1. The number of non-ortho nitro benzene ring substituents is 1. The number of nitrogens with zero attached hydrogens (tertiary/aromatic N) is 1. The molecule has 0 bridgehead atoms. The van der Waals surface area contributed by atoms with Crippen LogP contribution in [0.25, 0.3) is 0 Å². The van der Waals surface area contributed by atoms with Crippen molar-refractivity contribution in [2.45, 2.75) is 0 Å². The van der Waals surface area contributed by atoms with Gasteiger partial charge in [-0.25, -0.2) is 0 Å². The number of para-hydroxylation sites is 1. The molecule has 2 rings (SSSR count). The molecule has 1 N–H and O–H groups in total. The molecule has 0 heterocycles. The minimum absolute atomic E-state index is 0.0589. The molecule has 0 radical (unpaired) electrons. The SMILES string of the molecule is O=C(CSCC(=O)c1ccc([N+](=O)[O-])cc1)Nc1ccccc1. The van der Waals surface area contributed by atoms with E-state index < -0.39 is 4.92 Å². The third kappa shape index (κ3) is 5.23. The van der Waals surface area contributed by atoms with Crippen LogP contribution in [0.2, 0.25) is 0 Å². The number of rotatable bonds is 7. The molecule has 1 amide bonds. The smallest absolute Gasteiger partial charge is 0.269 e. The number of benzene rings is 2. The topological polar surface area (TPSA) is 89.3 Å². The number of nitrogens with one attached hydrogen (secondary N) is 1. The molecular weight excluding hydrogens is 316 g/mol. The number of anilines is 1. The molecule has 2 aromatic carbocycles. The zero-order chi connectivity index (χ0) is 16.7. The van der Waals surface area contributed by atoms with Gasteiger partial charge in [0.25, 0.3) is 5.69 Å². The molecule has 2 aromatic rings. The van der Waals surface area contributed by atoms with E-state index in [-0.39, 0.29) is 28.9 Å². The molecule has 7 heteroatoms. The zero-order valence-electron chi connectivity index (χ0n) is 12.1. The summed E-state index contributed by atoms with van der Waals surface area (Å²) in [5.41, 5.74) is 1.04. The molecular formula is C16H14N2O4S. The number of carbonyl (C=O) groups is 2. The quantitative estimate of drug-likeness (QED) is 0.478. The van der Waals surface area contributed by atoms with Gasteiger partial charge in [0.2, 0.25) is 5.91 Å². The van der Waals surface area contributed by atoms with Crippen molar-refractivity contribution >= 4 is 34.8 Å². The Morgan fingerprint density at radius 3 is 2.26 bits per heavy atom. The summed E-state index contributed by atoms with van der Waals surface area (Å²) >= 11 is 1.20. The lowest BCUT2D eigenvalue weighted by Crippen LogP contribution is -2.15. The van der Waals surface area contributed by atoms with Gasteiger partial charge in [0, 0.05) is 23.4 Å². The molecule has 0 spiro atoms. The highest BCUT2D eigenvalue weighted by atomic mass is 32.2. The van der Waals surface area contributed by atoms with Crippen molar-refractivity contribution in [2.75, 3.05) is 16.8 Å². The van der Waals surface area contributed by atoms with Gasteiger partial charge in [-0.1, -0.05) is 18.2 Å². The van der Waals surface area contributed by atoms with Crippen LogP contribution in [0.3, 0.4) is 0 Å². The summed E-state index contributed by atoms with van der Waals surface area (Å²) in [4.78, 5) is 33.7. The Bertz CT molecular complexity index is 702. The lowest BCUT2D eigenvalue weighted by Gasteiger charge is -2.04. The number of nitro benzene ring substituents is 1. The average Bonchev–Trinajstić information content (AvgIpc) is 2.55. The fourth-order valence-electron chi connectivity index (χ4n) is 1.81. The summed E-state index contributed by atoms with van der Waals surface area (Å²) in [6, 6.07) is 14.5. The van der Waals surface area contributed by atoms with Gasteiger partial charge in [0.05, 0.1) is 16.4 Å². The van der Waals surface area contributed by atoms with E-state index in [2.05, 4.69) is 5.32 Å². The summed E-state index contributed by atoms with van der Waals surface area (Å²) in [7, 11) is 0. The monoisotopic (exact) mass is 330 g/mol. The van der Waals surface area contributed by atoms with Crippen molar-refractivity contribution in [1.82, 2.24) is 0 Å². The second-order valence-corrected chi connectivity index (χ2v) is 5.62. The van der Waals surface area contributed by atoms with E-state index in [9.17, 15) is 19.7 Å². The lowest BCUT2D eigenvalue weighted by atomic mass is 10.1. The van der Waals surface area contributed by atoms with Gasteiger partial charge in [0.1, 0.15) is 0 Å². The molecule has 0 aliphatic carbocycles. The molecule has 0 fully saturated rings. The number of thioether (sulfide) groups is 1. The van der Waals surface area contributed by atoms with E-state index in [4.69, 9.17) is 0 Å². The number of Topliss-reactive ketones (excluding diaryl/α,β-unsaturated/α-hetero) is 1. The first-order chi connectivity index (χ1) is 11.1. The van der Waals surface area contributed by atoms with Crippen molar-refractivity contribution in [3.8, 4) is 0 Å². The molecule has 0 aromatic heterocycles. The Morgan fingerprint density at radius 1 is 1.00 bits per heavy atom. The average molecular weight is 330 g/mol. The van der Waals surface area contributed by atoms with Crippen LogP contribution in [0.4, 0.5) is 11.4 Å². The number of hydrogen-bond donors (Lipinski definition) is 1. The van der Waals surface area contributed by atoms with Gasteiger partial charge < -0.3 is 5.32 Å². The maximum atomic E-state index is 11.9. The zero-order valence-corrected chi connectivity index (χ0v) is 12.9. The van der Waals surface area contributed by atoms with E-state index >= 15 is 0 Å². The first-order valence-electron chi connectivity index (χ1n) is 6.76. The first kappa shape index (κ1) is 16.7. The number of amides is 1. The van der Waals surface area contributed by atoms with E-state index in [1.165, 1.54) is 36.0 Å². The van der Waals surface area contributed by atoms with Gasteiger partial charge in [-0.2, -0.15) is 0 Å². The second-order valence-electron chi connectivity index (χ2n) is 4.63. The van der Waals surface area contributed by atoms with Crippen LogP contribution in [-0.2, 0) is 4.79 Å². The molecule has 118 valence electrons. The number of hydrogen-bond acceptors (Lipinski definition) is 5. The maximum absolute atomic E-state index is 11.9. The fourth-order valence-corrected chi connectivity index (χ4v) is 2.52. The Kier molecular flexibility index (Phi) is 5.87. The highest BCUT2D eigenvalue weighted by Gasteiger charge is 2.10. The second kappa shape index (κ2) is 8.09. The van der Waals surface area contributed by atoms with Crippen molar-refractivity contribution in [3.05, 3.63) is 70.3 Å². The molecule has 0 unspecified atom stereocenters. The van der Waals surface area contributed by atoms with Crippen LogP contribution in [0.5, 0.6) is 0 Å². The van der Waals surface area contributed by atoms with E-state index in [1.54, 1.807) is 12.1 Å². The van der Waals surface area contributed by atoms with Crippen LogP contribution >= 0.6 is 11.8 Å². The van der Waals surface area contributed by atoms with E-state index in [0.29, 0.717) is 11.3 Å². The van der Waals surface area contributed by atoms with E-state index in [1.807, 2.05) is 18.2 Å². The Labute approximate surface area is 137 Å². The normalized spacial score (nSPS) is 10.1. The van der Waals surface area contributed by atoms with Gasteiger partial charge >= 0.3 is 0 Å². The number of carbonyl (C=O) groups excluding carboxylic acids is 2.